The van der Waals surface area contributed by atoms with Crippen molar-refractivity contribution >= 4 is 11.6 Å². The van der Waals surface area contributed by atoms with Crippen LogP contribution in [0.4, 0.5) is 10.1 Å². The Morgan fingerprint density at radius 3 is 2.45 bits per heavy atom. The van der Waals surface area contributed by atoms with Crippen molar-refractivity contribution in [1.29, 1.82) is 0 Å². The highest BCUT2D eigenvalue weighted by Crippen LogP contribution is 2.32. The van der Waals surface area contributed by atoms with Gasteiger partial charge in [0.15, 0.2) is 0 Å². The van der Waals surface area contributed by atoms with Crippen LogP contribution in [0.2, 0.25) is 0 Å². The van der Waals surface area contributed by atoms with Crippen LogP contribution < -0.4 is 9.64 Å². The molecule has 0 radical (unpaired) electrons. The highest BCUT2D eigenvalue weighted by atomic mass is 19.1. The fourth-order valence-corrected chi connectivity index (χ4v) is 4.40. The first-order chi connectivity index (χ1) is 14.2. The summed E-state index contributed by atoms with van der Waals surface area (Å²) in [5.74, 6) is 0.812. The number of piperazine rings is 1. The van der Waals surface area contributed by atoms with Gasteiger partial charge in [0.1, 0.15) is 11.6 Å². The quantitative estimate of drug-likeness (QED) is 0.776. The lowest BCUT2D eigenvalue weighted by Gasteiger charge is -2.37. The van der Waals surface area contributed by atoms with Gasteiger partial charge in [-0.25, -0.2) is 4.39 Å². The van der Waals surface area contributed by atoms with Gasteiger partial charge in [-0.1, -0.05) is 24.3 Å². The minimum absolute atomic E-state index is 0.165. The minimum Gasteiger partial charge on any atom is -0.497 e. The number of likely N-dealkylation sites (tertiary alicyclic amines) is 1. The summed E-state index contributed by atoms with van der Waals surface area (Å²) < 4.78 is 19.3. The molecule has 154 valence electrons. The Labute approximate surface area is 171 Å². The first kappa shape index (κ1) is 19.7. The average Bonchev–Trinajstić information content (AvgIpc) is 3.22. The van der Waals surface area contributed by atoms with E-state index in [1.165, 1.54) is 11.6 Å². The van der Waals surface area contributed by atoms with Crippen molar-refractivity contribution in [2.75, 3.05) is 51.3 Å². The van der Waals surface area contributed by atoms with E-state index in [1.807, 2.05) is 28.0 Å². The van der Waals surface area contributed by atoms with Crippen molar-refractivity contribution in [3.63, 3.8) is 0 Å². The van der Waals surface area contributed by atoms with Gasteiger partial charge in [-0.15, -0.1) is 0 Å². The van der Waals surface area contributed by atoms with Crippen LogP contribution in [0.1, 0.15) is 24.4 Å². The highest BCUT2D eigenvalue weighted by molar-refractivity contribution is 5.78. The predicted molar refractivity (Wildman–Crippen MR) is 112 cm³/mol. The maximum absolute atomic E-state index is 14.0. The van der Waals surface area contributed by atoms with Crippen LogP contribution in [0.15, 0.2) is 48.5 Å². The summed E-state index contributed by atoms with van der Waals surface area (Å²) in [5, 5.41) is 0. The van der Waals surface area contributed by atoms with E-state index < -0.39 is 0 Å². The molecule has 2 aromatic rings. The van der Waals surface area contributed by atoms with Crippen LogP contribution in [0, 0.1) is 5.82 Å². The zero-order valence-electron chi connectivity index (χ0n) is 16.9. The van der Waals surface area contributed by atoms with Gasteiger partial charge in [0, 0.05) is 32.2 Å². The second kappa shape index (κ2) is 8.82. The van der Waals surface area contributed by atoms with Crippen molar-refractivity contribution in [3.05, 3.63) is 59.9 Å². The van der Waals surface area contributed by atoms with Gasteiger partial charge < -0.3 is 14.5 Å². The van der Waals surface area contributed by atoms with E-state index in [9.17, 15) is 9.18 Å². The summed E-state index contributed by atoms with van der Waals surface area (Å²) >= 11 is 0. The molecule has 0 spiro atoms. The second-order valence-corrected chi connectivity index (χ2v) is 7.72. The first-order valence-corrected chi connectivity index (χ1v) is 10.3. The number of ether oxygens (including phenoxy) is 1. The number of hydrogen-bond donors (Lipinski definition) is 0. The molecule has 2 fully saturated rings. The van der Waals surface area contributed by atoms with Gasteiger partial charge in [-0.3, -0.25) is 9.69 Å². The molecular weight excluding hydrogens is 369 g/mol. The number of carbonyl (C=O) groups is 1. The monoisotopic (exact) mass is 397 g/mol. The number of amides is 1. The average molecular weight is 397 g/mol. The fourth-order valence-electron chi connectivity index (χ4n) is 4.40. The zero-order valence-corrected chi connectivity index (χ0v) is 16.9. The molecule has 0 bridgehead atoms. The number of nitrogens with zero attached hydrogens (tertiary/aromatic N) is 3. The van der Waals surface area contributed by atoms with Gasteiger partial charge in [-0.2, -0.15) is 0 Å². The van der Waals surface area contributed by atoms with Gasteiger partial charge in [-0.05, 0) is 49.2 Å². The fraction of sp³-hybridized carbons (Fsp3) is 0.435. The van der Waals surface area contributed by atoms with Crippen molar-refractivity contribution in [2.45, 2.75) is 18.9 Å². The summed E-state index contributed by atoms with van der Waals surface area (Å²) in [6.45, 7) is 3.97. The van der Waals surface area contributed by atoms with Crippen LogP contribution in [0.25, 0.3) is 0 Å². The number of carbonyl (C=O) groups excluding carboxylic acids is 1. The maximum Gasteiger partial charge on any atom is 0.236 e. The number of rotatable bonds is 5. The lowest BCUT2D eigenvalue weighted by molar-refractivity contribution is -0.133. The van der Waals surface area contributed by atoms with Gasteiger partial charge >= 0.3 is 0 Å². The molecule has 1 amide bonds. The highest BCUT2D eigenvalue weighted by Gasteiger charge is 2.30. The molecule has 4 rings (SSSR count). The van der Waals surface area contributed by atoms with Gasteiger partial charge in [0.05, 0.1) is 19.3 Å². The summed E-state index contributed by atoms with van der Waals surface area (Å²) in [5.41, 5.74) is 1.86. The van der Waals surface area contributed by atoms with E-state index in [0.717, 1.165) is 25.1 Å². The molecule has 2 aliphatic rings. The molecule has 29 heavy (non-hydrogen) atoms. The van der Waals surface area contributed by atoms with Crippen molar-refractivity contribution in [2.24, 2.45) is 0 Å². The number of para-hydroxylation sites is 1. The smallest absolute Gasteiger partial charge is 0.236 e. The van der Waals surface area contributed by atoms with Crippen molar-refractivity contribution in [1.82, 2.24) is 9.80 Å². The molecule has 5 nitrogen and oxygen atoms in total. The summed E-state index contributed by atoms with van der Waals surface area (Å²) in [4.78, 5) is 19.1. The lowest BCUT2D eigenvalue weighted by atomic mass is 10.0. The third-order valence-electron chi connectivity index (χ3n) is 6.03. The molecule has 0 N–H and O–H groups in total. The summed E-state index contributed by atoms with van der Waals surface area (Å²) in [6, 6.07) is 15.3. The Kier molecular flexibility index (Phi) is 6.00. The Morgan fingerprint density at radius 2 is 1.76 bits per heavy atom. The SMILES string of the molecule is COc1ccc(C2CCCN2CC(=O)N2CCN(c3ccccc3F)CC2)cc1. The van der Waals surface area contributed by atoms with E-state index in [2.05, 4.69) is 17.0 Å². The predicted octanol–water partition coefficient (Wildman–Crippen LogP) is 3.32. The van der Waals surface area contributed by atoms with Crippen LogP contribution in [0.5, 0.6) is 5.75 Å². The second-order valence-electron chi connectivity index (χ2n) is 7.72. The first-order valence-electron chi connectivity index (χ1n) is 10.3. The normalized spacial score (nSPS) is 20.1. The standard InChI is InChI=1S/C23H28FN3O2/c1-29-19-10-8-18(9-11-19)21-7-4-12-27(21)17-23(28)26-15-13-25(14-16-26)22-6-3-2-5-20(22)24/h2-3,5-6,8-11,21H,4,7,12-17H2,1H3. The largest absolute Gasteiger partial charge is 0.497 e. The molecule has 2 saturated heterocycles. The van der Waals surface area contributed by atoms with E-state index in [0.29, 0.717) is 38.4 Å². The lowest BCUT2D eigenvalue weighted by Crippen LogP contribution is -2.51. The van der Waals surface area contributed by atoms with Gasteiger partial charge in [0.2, 0.25) is 5.91 Å². The maximum atomic E-state index is 14.0. The van der Waals surface area contributed by atoms with Crippen molar-refractivity contribution < 1.29 is 13.9 Å². The number of benzene rings is 2. The van der Waals surface area contributed by atoms with Crippen molar-refractivity contribution in [3.8, 4) is 5.75 Å². The van der Waals surface area contributed by atoms with Crippen LogP contribution in [-0.2, 0) is 4.79 Å². The molecular formula is C23H28FN3O2. The molecule has 0 aliphatic carbocycles. The molecule has 2 heterocycles. The number of hydrogen-bond acceptors (Lipinski definition) is 4. The number of halogens is 1. The van der Waals surface area contributed by atoms with Crippen LogP contribution >= 0.6 is 0 Å². The zero-order chi connectivity index (χ0) is 20.2. The molecule has 0 saturated carbocycles. The minimum atomic E-state index is -0.202. The molecule has 1 atom stereocenters. The Hall–Kier alpha value is -2.60. The molecule has 6 heteroatoms. The molecule has 2 aromatic carbocycles. The number of anilines is 1. The van der Waals surface area contributed by atoms with E-state index in [-0.39, 0.29) is 17.8 Å². The van der Waals surface area contributed by atoms with Crippen LogP contribution in [-0.4, -0.2) is 62.1 Å². The van der Waals surface area contributed by atoms with E-state index in [1.54, 1.807) is 19.2 Å². The van der Waals surface area contributed by atoms with E-state index in [4.69, 9.17) is 4.74 Å². The summed E-state index contributed by atoms with van der Waals surface area (Å²) in [7, 11) is 1.67. The number of methoxy groups -OCH3 is 1. The molecule has 1 unspecified atom stereocenters. The van der Waals surface area contributed by atoms with E-state index >= 15 is 0 Å². The third-order valence-corrected chi connectivity index (χ3v) is 6.03. The topological polar surface area (TPSA) is 36.0 Å². The molecule has 2 aliphatic heterocycles. The Morgan fingerprint density at radius 1 is 1.03 bits per heavy atom. The third kappa shape index (κ3) is 4.37. The Bertz CT molecular complexity index is 834. The Balaban J connectivity index is 1.34. The summed E-state index contributed by atoms with van der Waals surface area (Å²) in [6.07, 6.45) is 2.17. The van der Waals surface area contributed by atoms with Crippen LogP contribution in [0.3, 0.4) is 0 Å². The van der Waals surface area contributed by atoms with Gasteiger partial charge in [0.25, 0.3) is 0 Å². The molecule has 0 aromatic heterocycles.